The third kappa shape index (κ3) is 5.21. The van der Waals surface area contributed by atoms with Crippen LogP contribution in [-0.4, -0.2) is 80.1 Å². The van der Waals surface area contributed by atoms with Gasteiger partial charge in [-0.3, -0.25) is 18.3 Å². The Morgan fingerprint density at radius 3 is 2.39 bits per heavy atom. The minimum absolute atomic E-state index is 0.0118. The molecule has 0 saturated carbocycles. The number of nitrogens with zero attached hydrogens (tertiary/aromatic N) is 5. The van der Waals surface area contributed by atoms with Gasteiger partial charge in [-0.1, -0.05) is 29.8 Å². The number of benzene rings is 1. The maximum atomic E-state index is 13.2. The van der Waals surface area contributed by atoms with Crippen molar-refractivity contribution in [2.24, 2.45) is 0 Å². The van der Waals surface area contributed by atoms with Crippen LogP contribution in [0.2, 0.25) is 0 Å². The number of anilines is 2. The number of hydrogen-bond acceptors (Lipinski definition) is 8. The van der Waals surface area contributed by atoms with Gasteiger partial charge in [0.2, 0.25) is 15.8 Å². The minimum atomic E-state index is -3.71. The van der Waals surface area contributed by atoms with Crippen molar-refractivity contribution < 1.29 is 18.3 Å². The van der Waals surface area contributed by atoms with E-state index in [4.69, 9.17) is 0 Å². The van der Waals surface area contributed by atoms with Gasteiger partial charge in [-0.15, -0.1) is 0 Å². The Morgan fingerprint density at radius 2 is 1.78 bits per heavy atom. The number of piperazine rings is 1. The molecule has 0 unspecified atom stereocenters. The topological polar surface area (TPSA) is 116 Å². The fourth-order valence-corrected chi connectivity index (χ4v) is 4.66. The molecule has 2 aromatic heterocycles. The second-order valence-corrected chi connectivity index (χ2v) is 11.3. The van der Waals surface area contributed by atoms with E-state index in [2.05, 4.69) is 9.88 Å². The van der Waals surface area contributed by atoms with Gasteiger partial charge < -0.3 is 14.9 Å². The molecule has 36 heavy (non-hydrogen) atoms. The van der Waals surface area contributed by atoms with E-state index in [9.17, 15) is 23.1 Å². The predicted octanol–water partition coefficient (Wildman–Crippen LogP) is 1.67. The number of aryl methyl sites for hydroxylation is 2. The Balaban J connectivity index is 1.79. The van der Waals surface area contributed by atoms with Gasteiger partial charge in [0, 0.05) is 45.8 Å². The van der Waals surface area contributed by atoms with Gasteiger partial charge in [-0.2, -0.15) is 0 Å². The Kier molecular flexibility index (Phi) is 7.05. The first kappa shape index (κ1) is 25.6. The average molecular weight is 514 g/mol. The Hall–Kier alpha value is -3.44. The number of aromatic nitrogens is 2. The summed E-state index contributed by atoms with van der Waals surface area (Å²) in [6.45, 7) is 4.96. The average Bonchev–Trinajstić information content (AvgIpc) is 2.84. The number of sulfonamides is 1. The standard InChI is InChI=1S/C25H31N5O5S/c1-17-5-7-18(8-6-17)9-10-21(31)22-23(32)25(33)30-16-19(29-13-11-27(2)12-14-29)15-20(24(30)26-22)28(3)36(4,34)35/h5-8,15-16,32H,9-14H2,1-4H3. The van der Waals surface area contributed by atoms with Crippen molar-refractivity contribution in [2.75, 3.05) is 55.7 Å². The molecule has 3 aromatic rings. The first-order valence-corrected chi connectivity index (χ1v) is 13.6. The van der Waals surface area contributed by atoms with Crippen molar-refractivity contribution in [1.82, 2.24) is 14.3 Å². The predicted molar refractivity (Wildman–Crippen MR) is 140 cm³/mol. The highest BCUT2D eigenvalue weighted by atomic mass is 32.2. The number of likely N-dealkylation sites (N-methyl/N-ethyl adjacent to an activating group) is 1. The fraction of sp³-hybridized carbons (Fsp3) is 0.400. The normalized spacial score (nSPS) is 14.8. The van der Waals surface area contributed by atoms with Gasteiger partial charge in [-0.25, -0.2) is 13.4 Å². The van der Waals surface area contributed by atoms with Crippen LogP contribution in [0.25, 0.3) is 5.65 Å². The van der Waals surface area contributed by atoms with Gasteiger partial charge in [-0.05, 0) is 32.0 Å². The summed E-state index contributed by atoms with van der Waals surface area (Å²) < 4.78 is 27.0. The molecule has 0 aliphatic carbocycles. The first-order valence-electron chi connectivity index (χ1n) is 11.7. The zero-order valence-corrected chi connectivity index (χ0v) is 21.7. The van der Waals surface area contributed by atoms with Crippen molar-refractivity contribution in [3.05, 3.63) is 63.7 Å². The zero-order valence-electron chi connectivity index (χ0n) is 20.9. The molecule has 1 saturated heterocycles. The van der Waals surface area contributed by atoms with E-state index in [-0.39, 0.29) is 23.4 Å². The largest absolute Gasteiger partial charge is 0.501 e. The molecular formula is C25H31N5O5S. The third-order valence-electron chi connectivity index (χ3n) is 6.60. The lowest BCUT2D eigenvalue weighted by Gasteiger charge is -2.34. The van der Waals surface area contributed by atoms with Crippen molar-refractivity contribution in [3.8, 4) is 5.75 Å². The van der Waals surface area contributed by atoms with Crippen LogP contribution < -0.4 is 14.8 Å². The van der Waals surface area contributed by atoms with Gasteiger partial charge >= 0.3 is 5.56 Å². The van der Waals surface area contributed by atoms with Crippen molar-refractivity contribution in [2.45, 2.75) is 19.8 Å². The van der Waals surface area contributed by atoms with E-state index in [1.807, 2.05) is 43.1 Å². The quantitative estimate of drug-likeness (QED) is 0.475. The summed E-state index contributed by atoms with van der Waals surface area (Å²) in [5.41, 5.74) is 1.63. The molecule has 0 spiro atoms. The molecule has 1 aliphatic heterocycles. The van der Waals surface area contributed by atoms with Crippen LogP contribution in [0.3, 0.4) is 0 Å². The molecule has 0 amide bonds. The van der Waals surface area contributed by atoms with Crippen LogP contribution >= 0.6 is 0 Å². The first-order chi connectivity index (χ1) is 17.0. The molecule has 1 N–H and O–H groups in total. The highest BCUT2D eigenvalue weighted by Gasteiger charge is 2.25. The molecule has 1 aromatic carbocycles. The molecule has 4 rings (SSSR count). The van der Waals surface area contributed by atoms with E-state index in [0.717, 1.165) is 39.2 Å². The number of Topliss-reactive ketones (excluding diaryl/α,β-unsaturated/α-hetero) is 1. The number of pyridine rings is 1. The second kappa shape index (κ2) is 9.90. The van der Waals surface area contributed by atoms with Crippen LogP contribution in [-0.2, 0) is 16.4 Å². The van der Waals surface area contributed by atoms with Crippen LogP contribution in [0.5, 0.6) is 5.75 Å². The molecule has 10 nitrogen and oxygen atoms in total. The van der Waals surface area contributed by atoms with Crippen LogP contribution in [0.4, 0.5) is 11.4 Å². The number of aromatic hydroxyl groups is 1. The lowest BCUT2D eigenvalue weighted by molar-refractivity contribution is 0.0975. The Bertz CT molecular complexity index is 1460. The monoisotopic (exact) mass is 513 g/mol. The molecule has 0 atom stereocenters. The summed E-state index contributed by atoms with van der Waals surface area (Å²) in [5, 5.41) is 10.7. The van der Waals surface area contributed by atoms with E-state index in [0.29, 0.717) is 25.2 Å². The lowest BCUT2D eigenvalue weighted by atomic mass is 10.0. The van der Waals surface area contributed by atoms with Gasteiger partial charge in [0.15, 0.2) is 17.1 Å². The molecule has 3 heterocycles. The molecule has 0 bridgehead atoms. The van der Waals surface area contributed by atoms with E-state index < -0.39 is 27.1 Å². The number of fused-ring (bicyclic) bond motifs is 1. The molecule has 1 aliphatic rings. The van der Waals surface area contributed by atoms with Crippen LogP contribution in [0, 0.1) is 6.92 Å². The summed E-state index contributed by atoms with van der Waals surface area (Å²) >= 11 is 0. The molecule has 11 heteroatoms. The number of ketones is 1. The van der Waals surface area contributed by atoms with Crippen molar-refractivity contribution in [3.63, 3.8) is 0 Å². The Morgan fingerprint density at radius 1 is 1.14 bits per heavy atom. The Labute approximate surface area is 210 Å². The number of carbonyl (C=O) groups is 1. The lowest BCUT2D eigenvalue weighted by Crippen LogP contribution is -2.44. The SMILES string of the molecule is Cc1ccc(CCC(=O)c2nc3c(N(C)S(C)(=O)=O)cc(N4CCN(C)CC4)cn3c(=O)c2O)cc1. The second-order valence-electron chi connectivity index (χ2n) is 9.32. The van der Waals surface area contributed by atoms with Crippen LogP contribution in [0.15, 0.2) is 41.3 Å². The van der Waals surface area contributed by atoms with E-state index >= 15 is 0 Å². The zero-order chi connectivity index (χ0) is 26.2. The van der Waals surface area contributed by atoms with Gasteiger partial charge in [0.05, 0.1) is 17.6 Å². The van der Waals surface area contributed by atoms with Gasteiger partial charge in [0.25, 0.3) is 0 Å². The van der Waals surface area contributed by atoms with Crippen LogP contribution in [0.1, 0.15) is 28.0 Å². The highest BCUT2D eigenvalue weighted by Crippen LogP contribution is 2.29. The summed E-state index contributed by atoms with van der Waals surface area (Å²) in [4.78, 5) is 34.8. The fourth-order valence-electron chi connectivity index (χ4n) is 4.17. The molecule has 192 valence electrons. The minimum Gasteiger partial charge on any atom is -0.501 e. The number of rotatable bonds is 7. The smallest absolute Gasteiger partial charge is 0.300 e. The summed E-state index contributed by atoms with van der Waals surface area (Å²) in [6.07, 6.45) is 3.04. The van der Waals surface area contributed by atoms with Crippen molar-refractivity contribution >= 4 is 32.8 Å². The number of hydrogen-bond donors (Lipinski definition) is 1. The maximum absolute atomic E-state index is 13.2. The third-order valence-corrected chi connectivity index (χ3v) is 7.79. The van der Waals surface area contributed by atoms with E-state index in [1.165, 1.54) is 13.2 Å². The summed E-state index contributed by atoms with van der Waals surface area (Å²) in [7, 11) is -0.316. The summed E-state index contributed by atoms with van der Waals surface area (Å²) in [6, 6.07) is 9.40. The molecule has 0 radical (unpaired) electrons. The summed E-state index contributed by atoms with van der Waals surface area (Å²) in [5.74, 6) is -1.24. The molecular weight excluding hydrogens is 482 g/mol. The van der Waals surface area contributed by atoms with Gasteiger partial charge in [0.1, 0.15) is 0 Å². The van der Waals surface area contributed by atoms with Crippen molar-refractivity contribution in [1.29, 1.82) is 0 Å². The number of carbonyl (C=O) groups excluding carboxylic acids is 1. The highest BCUT2D eigenvalue weighted by molar-refractivity contribution is 7.92. The van der Waals surface area contributed by atoms with E-state index in [1.54, 1.807) is 6.07 Å². The molecule has 1 fully saturated rings. The maximum Gasteiger partial charge on any atom is 0.300 e.